The summed E-state index contributed by atoms with van der Waals surface area (Å²) in [6.45, 7) is 5.93. The molecule has 5 rings (SSSR count). The van der Waals surface area contributed by atoms with Crippen LogP contribution in [0.3, 0.4) is 0 Å². The van der Waals surface area contributed by atoms with Crippen molar-refractivity contribution in [2.45, 2.75) is 6.92 Å². The maximum atomic E-state index is 10.5. The van der Waals surface area contributed by atoms with E-state index in [9.17, 15) is 5.26 Å². The molecule has 1 aliphatic heterocycles. The van der Waals surface area contributed by atoms with Crippen molar-refractivity contribution >= 4 is 22.7 Å². The van der Waals surface area contributed by atoms with Gasteiger partial charge in [-0.2, -0.15) is 5.26 Å². The van der Waals surface area contributed by atoms with E-state index in [1.54, 1.807) is 25.5 Å². The number of pyridine rings is 1. The molecule has 0 atom stereocenters. The van der Waals surface area contributed by atoms with E-state index in [4.69, 9.17) is 9.72 Å². The number of aliphatic imine (C=N–C) groups is 1. The summed E-state index contributed by atoms with van der Waals surface area (Å²) in [5.41, 5.74) is 7.68. The number of hydrogen-bond acceptors (Lipinski definition) is 7. The number of ether oxygens (including phenoxy) is 1. The van der Waals surface area contributed by atoms with Gasteiger partial charge in [0.05, 0.1) is 29.0 Å². The summed E-state index contributed by atoms with van der Waals surface area (Å²) in [5, 5.41) is 16.0. The van der Waals surface area contributed by atoms with Gasteiger partial charge in [-0.1, -0.05) is 18.2 Å². The fraction of sp³-hybridized carbons (Fsp3) is 0.233. The molecule has 6 nitrogen and oxygen atoms in total. The third kappa shape index (κ3) is 4.86. The number of thiophene rings is 1. The molecule has 2 aromatic carbocycles. The van der Waals surface area contributed by atoms with E-state index < -0.39 is 0 Å². The fourth-order valence-electron chi connectivity index (χ4n) is 4.87. The first kappa shape index (κ1) is 24.7. The molecule has 7 heteroatoms. The Morgan fingerprint density at radius 3 is 2.35 bits per heavy atom. The van der Waals surface area contributed by atoms with Gasteiger partial charge >= 0.3 is 0 Å². The maximum absolute atomic E-state index is 10.5. The molecular weight excluding hydrogens is 478 g/mol. The Balaban J connectivity index is 1.72. The van der Waals surface area contributed by atoms with E-state index >= 15 is 0 Å². The third-order valence-electron chi connectivity index (χ3n) is 6.71. The maximum Gasteiger partial charge on any atom is 0.118 e. The number of benzene rings is 2. The predicted octanol–water partition coefficient (Wildman–Crippen LogP) is 5.54. The van der Waals surface area contributed by atoms with Crippen LogP contribution in [-0.4, -0.2) is 51.0 Å². The third-order valence-corrected chi connectivity index (χ3v) is 7.58. The monoisotopic (exact) mass is 507 g/mol. The van der Waals surface area contributed by atoms with Gasteiger partial charge in [0.1, 0.15) is 11.8 Å². The Morgan fingerprint density at radius 2 is 1.76 bits per heavy atom. The molecule has 0 spiro atoms. The minimum atomic E-state index is 0.540. The minimum Gasteiger partial charge on any atom is -0.497 e. The second-order valence-electron chi connectivity index (χ2n) is 8.84. The second kappa shape index (κ2) is 11.0. The van der Waals surface area contributed by atoms with E-state index in [0.29, 0.717) is 11.3 Å². The lowest BCUT2D eigenvalue weighted by Gasteiger charge is -2.29. The van der Waals surface area contributed by atoms with Crippen molar-refractivity contribution in [2.24, 2.45) is 4.99 Å². The highest BCUT2D eigenvalue weighted by Crippen LogP contribution is 2.38. The average molecular weight is 508 g/mol. The van der Waals surface area contributed by atoms with Gasteiger partial charge in [-0.05, 0) is 60.3 Å². The van der Waals surface area contributed by atoms with Crippen LogP contribution >= 0.6 is 11.3 Å². The summed E-state index contributed by atoms with van der Waals surface area (Å²) in [5.74, 6) is 0.762. The van der Waals surface area contributed by atoms with Gasteiger partial charge < -0.3 is 15.0 Å². The first-order valence-electron chi connectivity index (χ1n) is 12.3. The van der Waals surface area contributed by atoms with E-state index in [-0.39, 0.29) is 0 Å². The molecule has 186 valence electrons. The molecule has 0 amide bonds. The highest BCUT2D eigenvalue weighted by Gasteiger charge is 2.25. The summed E-state index contributed by atoms with van der Waals surface area (Å²) in [6, 6.07) is 22.8. The van der Waals surface area contributed by atoms with Gasteiger partial charge in [0, 0.05) is 61.3 Å². The van der Waals surface area contributed by atoms with Crippen LogP contribution in [0, 0.1) is 18.3 Å². The molecule has 1 N–H and O–H groups in total. The molecular formula is C30H29N5OS. The molecule has 3 heterocycles. The highest BCUT2D eigenvalue weighted by molar-refractivity contribution is 7.12. The molecule has 0 radical (unpaired) electrons. The number of piperazine rings is 1. The summed E-state index contributed by atoms with van der Waals surface area (Å²) >= 11 is 1.63. The lowest BCUT2D eigenvalue weighted by Crippen LogP contribution is -2.43. The van der Waals surface area contributed by atoms with Crippen molar-refractivity contribution in [3.8, 4) is 34.2 Å². The summed E-state index contributed by atoms with van der Waals surface area (Å²) in [4.78, 5) is 13.1. The first-order valence-corrected chi connectivity index (χ1v) is 13.2. The van der Waals surface area contributed by atoms with E-state index in [0.717, 1.165) is 70.5 Å². The molecule has 0 bridgehead atoms. The zero-order valence-electron chi connectivity index (χ0n) is 21.3. The largest absolute Gasteiger partial charge is 0.497 e. The van der Waals surface area contributed by atoms with Crippen molar-refractivity contribution in [3.05, 3.63) is 87.7 Å². The predicted molar refractivity (Wildman–Crippen MR) is 152 cm³/mol. The molecule has 0 unspecified atom stereocenters. The topological polar surface area (TPSA) is 73.5 Å². The highest BCUT2D eigenvalue weighted by atomic mass is 32.1. The Morgan fingerprint density at radius 1 is 1.05 bits per heavy atom. The zero-order valence-corrected chi connectivity index (χ0v) is 22.1. The molecule has 2 aromatic heterocycles. The number of aromatic nitrogens is 1. The van der Waals surface area contributed by atoms with E-state index in [2.05, 4.69) is 51.6 Å². The van der Waals surface area contributed by atoms with Crippen LogP contribution in [0.4, 0.5) is 5.69 Å². The van der Waals surface area contributed by atoms with E-state index in [1.807, 2.05) is 42.6 Å². The van der Waals surface area contributed by atoms with Crippen LogP contribution in [-0.2, 0) is 0 Å². The normalized spacial score (nSPS) is 13.9. The number of nitrogens with zero attached hydrogens (tertiary/aromatic N) is 4. The molecule has 37 heavy (non-hydrogen) atoms. The Bertz CT molecular complexity index is 1450. The Hall–Kier alpha value is -3.99. The van der Waals surface area contributed by atoms with E-state index in [1.165, 1.54) is 5.69 Å². The number of nitrogens with one attached hydrogen (secondary N) is 1. The number of methoxy groups -OCH3 is 1. The van der Waals surface area contributed by atoms with Crippen LogP contribution in [0.15, 0.2) is 71.0 Å². The standard InChI is InChI=1S/C30H29N5OS/c1-20-27(30(32-2)26-5-4-18-37-26)28(21-6-10-23(11-7-21)35-16-14-33-15-17-35)25(19-31)29(34-20)22-8-12-24(36-3)13-9-22/h4-13,18,33H,14-17H2,1-3H3/b32-30-. The zero-order chi connectivity index (χ0) is 25.8. The van der Waals surface area contributed by atoms with Gasteiger partial charge in [-0.25, -0.2) is 0 Å². The van der Waals surface area contributed by atoms with Crippen LogP contribution < -0.4 is 15.0 Å². The van der Waals surface area contributed by atoms with Crippen molar-refractivity contribution in [2.75, 3.05) is 45.2 Å². The summed E-state index contributed by atoms with van der Waals surface area (Å²) < 4.78 is 5.34. The van der Waals surface area contributed by atoms with Crippen molar-refractivity contribution in [3.63, 3.8) is 0 Å². The first-order chi connectivity index (χ1) is 18.1. The Kier molecular flexibility index (Phi) is 7.31. The van der Waals surface area contributed by atoms with Gasteiger partial charge in [0.15, 0.2) is 0 Å². The quantitative estimate of drug-likeness (QED) is 0.347. The molecule has 1 saturated heterocycles. The second-order valence-corrected chi connectivity index (χ2v) is 9.79. The SMILES string of the molecule is C/N=C(/c1cccs1)c1c(C)nc(-c2ccc(OC)cc2)c(C#N)c1-c1ccc(N2CCNCC2)cc1. The molecule has 4 aromatic rings. The van der Waals surface area contributed by atoms with Gasteiger partial charge in [0.25, 0.3) is 0 Å². The number of nitriles is 1. The number of rotatable bonds is 6. The molecule has 1 fully saturated rings. The van der Waals surface area contributed by atoms with Crippen LogP contribution in [0.5, 0.6) is 5.75 Å². The lowest BCUT2D eigenvalue weighted by atomic mass is 9.88. The summed E-state index contributed by atoms with van der Waals surface area (Å²) in [6.07, 6.45) is 0. The number of anilines is 1. The molecule has 0 saturated carbocycles. The smallest absolute Gasteiger partial charge is 0.118 e. The van der Waals surface area contributed by atoms with Crippen molar-refractivity contribution < 1.29 is 4.74 Å². The molecule has 1 aliphatic rings. The van der Waals surface area contributed by atoms with Gasteiger partial charge in [0.2, 0.25) is 0 Å². The average Bonchev–Trinajstić information content (AvgIpc) is 3.49. The van der Waals surface area contributed by atoms with Crippen molar-refractivity contribution in [1.82, 2.24) is 10.3 Å². The van der Waals surface area contributed by atoms with Crippen LogP contribution in [0.25, 0.3) is 22.4 Å². The molecule has 0 aliphatic carbocycles. The summed E-state index contributed by atoms with van der Waals surface area (Å²) in [7, 11) is 3.44. The van der Waals surface area contributed by atoms with Gasteiger partial charge in [-0.3, -0.25) is 9.98 Å². The van der Waals surface area contributed by atoms with Gasteiger partial charge in [-0.15, -0.1) is 11.3 Å². The number of aryl methyl sites for hydroxylation is 1. The Labute approximate surface area is 221 Å². The minimum absolute atomic E-state index is 0.540. The lowest BCUT2D eigenvalue weighted by molar-refractivity contribution is 0.415. The van der Waals surface area contributed by atoms with Crippen LogP contribution in [0.1, 0.15) is 21.7 Å². The number of hydrogen-bond donors (Lipinski definition) is 1. The van der Waals surface area contributed by atoms with Crippen molar-refractivity contribution in [1.29, 1.82) is 5.26 Å². The fourth-order valence-corrected chi connectivity index (χ4v) is 5.64. The van der Waals surface area contributed by atoms with Crippen LogP contribution in [0.2, 0.25) is 0 Å².